The van der Waals surface area contributed by atoms with Crippen molar-refractivity contribution < 1.29 is 52.2 Å². The van der Waals surface area contributed by atoms with Crippen LogP contribution in [0.1, 0.15) is 128 Å². The van der Waals surface area contributed by atoms with Crippen LogP contribution in [0.4, 0.5) is 0 Å². The molecule has 3 rings (SSSR count). The highest BCUT2D eigenvalue weighted by Crippen LogP contribution is 2.42. The van der Waals surface area contributed by atoms with Crippen LogP contribution in [0.25, 0.3) is 0 Å². The molecule has 2 heterocycles. The van der Waals surface area contributed by atoms with Gasteiger partial charge in [0.1, 0.15) is 18.8 Å². The standard InChI is InChI=1S/C39H61BO11/c1-22-23(19-18-20-24(22)40-50-38(14,15)39(16,17)51-40)26-28(48-32(43)36(8,9)10)29(49-33(44)37(11,12)13)27(47-31(42)35(5,6)7)25(46-26)21-45-30(41)34(2,3)4/h18-20,25-29H,21H2,1-17H3/t25-,26-,27-,28-,29+/m1/s1. The molecule has 1 aromatic rings. The maximum Gasteiger partial charge on any atom is 0.495 e. The van der Waals surface area contributed by atoms with Crippen LogP contribution >= 0.6 is 0 Å². The van der Waals surface area contributed by atoms with Crippen LogP contribution in [0, 0.1) is 28.6 Å². The fourth-order valence-electron chi connectivity index (χ4n) is 5.19. The summed E-state index contributed by atoms with van der Waals surface area (Å²) < 4.78 is 43.9. The molecule has 2 aliphatic heterocycles. The van der Waals surface area contributed by atoms with Gasteiger partial charge >= 0.3 is 31.0 Å². The molecule has 2 aliphatic rings. The second-order valence-corrected chi connectivity index (χ2v) is 19.0. The van der Waals surface area contributed by atoms with Crippen LogP contribution < -0.4 is 5.46 Å². The van der Waals surface area contributed by atoms with E-state index in [-0.39, 0.29) is 6.61 Å². The van der Waals surface area contributed by atoms with Gasteiger partial charge in [0.05, 0.1) is 32.9 Å². The third-order valence-electron chi connectivity index (χ3n) is 9.42. The van der Waals surface area contributed by atoms with E-state index >= 15 is 0 Å². The van der Waals surface area contributed by atoms with E-state index in [2.05, 4.69) is 0 Å². The van der Waals surface area contributed by atoms with Crippen molar-refractivity contribution in [3.05, 3.63) is 29.3 Å². The van der Waals surface area contributed by atoms with E-state index in [1.807, 2.05) is 52.8 Å². The molecule has 1 aromatic carbocycles. The first-order chi connectivity index (χ1) is 22.9. The Labute approximate surface area is 305 Å². The number of hydrogen-bond donors (Lipinski definition) is 0. The molecule has 0 aliphatic carbocycles. The second-order valence-electron chi connectivity index (χ2n) is 19.0. The summed E-state index contributed by atoms with van der Waals surface area (Å²) in [5, 5.41) is 0. The van der Waals surface area contributed by atoms with Crippen molar-refractivity contribution in [1.29, 1.82) is 0 Å². The summed E-state index contributed by atoms with van der Waals surface area (Å²) in [5.41, 5.74) is -2.90. The van der Waals surface area contributed by atoms with Crippen LogP contribution in [-0.2, 0) is 52.2 Å². The van der Waals surface area contributed by atoms with Gasteiger partial charge in [-0.3, -0.25) is 19.2 Å². The molecule has 0 bridgehead atoms. The maximum absolute atomic E-state index is 13.7. The van der Waals surface area contributed by atoms with Gasteiger partial charge in [0.2, 0.25) is 0 Å². The van der Waals surface area contributed by atoms with E-state index in [1.165, 1.54) is 0 Å². The average molecular weight is 717 g/mol. The van der Waals surface area contributed by atoms with E-state index in [4.69, 9.17) is 33.0 Å². The van der Waals surface area contributed by atoms with Crippen molar-refractivity contribution in [3.8, 4) is 0 Å². The van der Waals surface area contributed by atoms with E-state index in [0.29, 0.717) is 5.56 Å². The number of hydrogen-bond acceptors (Lipinski definition) is 11. The smallest absolute Gasteiger partial charge is 0.462 e. The Morgan fingerprint density at radius 2 is 1.06 bits per heavy atom. The minimum absolute atomic E-state index is 0.339. The van der Waals surface area contributed by atoms with E-state index in [9.17, 15) is 19.2 Å². The lowest BCUT2D eigenvalue weighted by Crippen LogP contribution is -2.61. The van der Waals surface area contributed by atoms with Crippen LogP contribution in [0.15, 0.2) is 18.2 Å². The largest absolute Gasteiger partial charge is 0.495 e. The predicted molar refractivity (Wildman–Crippen MR) is 193 cm³/mol. The summed E-state index contributed by atoms with van der Waals surface area (Å²) in [5.74, 6) is -2.32. The van der Waals surface area contributed by atoms with Gasteiger partial charge < -0.3 is 33.0 Å². The van der Waals surface area contributed by atoms with Crippen LogP contribution in [0.5, 0.6) is 0 Å². The Hall–Kier alpha value is -2.96. The van der Waals surface area contributed by atoms with Gasteiger partial charge in [-0.25, -0.2) is 0 Å². The number of rotatable bonds is 7. The number of carbonyl (C=O) groups excluding carboxylic acids is 4. The summed E-state index contributed by atoms with van der Waals surface area (Å²) in [6.45, 7) is 29.8. The van der Waals surface area contributed by atoms with Crippen molar-refractivity contribution in [3.63, 3.8) is 0 Å². The van der Waals surface area contributed by atoms with Crippen molar-refractivity contribution in [2.75, 3.05) is 6.61 Å². The van der Waals surface area contributed by atoms with Crippen molar-refractivity contribution >= 4 is 36.5 Å². The molecule has 0 saturated carbocycles. The second kappa shape index (κ2) is 14.5. The van der Waals surface area contributed by atoms with Crippen LogP contribution in [0.2, 0.25) is 0 Å². The molecule has 286 valence electrons. The van der Waals surface area contributed by atoms with E-state index in [1.54, 1.807) is 83.1 Å². The summed E-state index contributed by atoms with van der Waals surface area (Å²) >= 11 is 0. The molecule has 0 spiro atoms. The highest BCUT2D eigenvalue weighted by molar-refractivity contribution is 6.62. The molecule has 11 nitrogen and oxygen atoms in total. The van der Waals surface area contributed by atoms with E-state index in [0.717, 1.165) is 11.0 Å². The lowest BCUT2D eigenvalue weighted by molar-refractivity contribution is -0.262. The fraction of sp³-hybridized carbons (Fsp3) is 0.744. The summed E-state index contributed by atoms with van der Waals surface area (Å²) in [4.78, 5) is 54.0. The van der Waals surface area contributed by atoms with Crippen LogP contribution in [0.3, 0.4) is 0 Å². The highest BCUT2D eigenvalue weighted by Gasteiger charge is 2.56. The Morgan fingerprint density at radius 1 is 0.647 bits per heavy atom. The lowest BCUT2D eigenvalue weighted by atomic mass is 9.73. The van der Waals surface area contributed by atoms with Gasteiger partial charge in [-0.1, -0.05) is 18.2 Å². The molecule has 51 heavy (non-hydrogen) atoms. The van der Waals surface area contributed by atoms with Gasteiger partial charge in [-0.15, -0.1) is 0 Å². The monoisotopic (exact) mass is 716 g/mol. The molecule has 0 radical (unpaired) electrons. The molecule has 2 fully saturated rings. The average Bonchev–Trinajstić information content (AvgIpc) is 3.17. The number of ether oxygens (including phenoxy) is 5. The lowest BCUT2D eigenvalue weighted by Gasteiger charge is -2.46. The quantitative estimate of drug-likeness (QED) is 0.182. The number of benzene rings is 1. The first-order valence-electron chi connectivity index (χ1n) is 17.8. The minimum Gasteiger partial charge on any atom is -0.462 e. The van der Waals surface area contributed by atoms with E-state index < -0.39 is 94.4 Å². The molecule has 0 unspecified atom stereocenters. The molecule has 0 N–H and O–H groups in total. The molecule has 2 saturated heterocycles. The van der Waals surface area contributed by atoms with Gasteiger partial charge in [-0.2, -0.15) is 0 Å². The van der Waals surface area contributed by atoms with Crippen molar-refractivity contribution in [2.24, 2.45) is 21.7 Å². The summed E-state index contributed by atoms with van der Waals surface area (Å²) in [6.07, 6.45) is -6.17. The summed E-state index contributed by atoms with van der Waals surface area (Å²) in [6, 6.07) is 5.55. The molecular formula is C39H61BO11. The zero-order valence-electron chi connectivity index (χ0n) is 33.9. The first-order valence-corrected chi connectivity index (χ1v) is 17.8. The fourth-order valence-corrected chi connectivity index (χ4v) is 5.19. The SMILES string of the molecule is Cc1c(B2OC(C)(C)C(C)(C)O2)cccc1[C@H]1O[C@H](COC(=O)C(C)(C)C)[C@@H](OC(=O)C(C)(C)C)[C@H](OC(=O)C(C)(C)C)[C@@H]1OC(=O)C(C)(C)C. The zero-order chi connectivity index (χ0) is 39.3. The normalized spacial score (nSPS) is 25.2. The third-order valence-corrected chi connectivity index (χ3v) is 9.42. The third kappa shape index (κ3) is 9.73. The van der Waals surface area contributed by atoms with Gasteiger partial charge in [-0.05, 0) is 134 Å². The number of carbonyl (C=O) groups is 4. The zero-order valence-corrected chi connectivity index (χ0v) is 33.9. The Morgan fingerprint density at radius 3 is 1.49 bits per heavy atom. The Balaban J connectivity index is 2.29. The molecular weight excluding hydrogens is 655 g/mol. The maximum atomic E-state index is 13.7. The highest BCUT2D eigenvalue weighted by atomic mass is 16.7. The topological polar surface area (TPSA) is 133 Å². The van der Waals surface area contributed by atoms with Crippen LogP contribution in [-0.4, -0.2) is 73.2 Å². The molecule has 0 aromatic heterocycles. The first kappa shape index (κ1) is 42.5. The van der Waals surface area contributed by atoms with Gasteiger partial charge in [0.15, 0.2) is 18.3 Å². The Bertz CT molecular complexity index is 1450. The number of esters is 4. The molecule has 0 amide bonds. The minimum atomic E-state index is -1.36. The van der Waals surface area contributed by atoms with Gasteiger partial charge in [0, 0.05) is 0 Å². The van der Waals surface area contributed by atoms with Crippen molar-refractivity contribution in [2.45, 2.75) is 159 Å². The predicted octanol–water partition coefficient (Wildman–Crippen LogP) is 6.20. The van der Waals surface area contributed by atoms with Gasteiger partial charge in [0.25, 0.3) is 0 Å². The molecule has 5 atom stereocenters. The van der Waals surface area contributed by atoms with Crippen molar-refractivity contribution in [1.82, 2.24) is 0 Å². The Kier molecular flexibility index (Phi) is 12.0. The molecule has 12 heteroatoms. The summed E-state index contributed by atoms with van der Waals surface area (Å²) in [7, 11) is -0.715.